The number of hydrogen-bond acceptors (Lipinski definition) is 4. The number of anilines is 1. The summed E-state index contributed by atoms with van der Waals surface area (Å²) in [7, 11) is 3.99. The van der Waals surface area contributed by atoms with Gasteiger partial charge in [0.15, 0.2) is 0 Å². The highest BCUT2D eigenvalue weighted by Gasteiger charge is 2.19. The van der Waals surface area contributed by atoms with Crippen molar-refractivity contribution in [2.45, 2.75) is 46.0 Å². The Labute approximate surface area is 227 Å². The van der Waals surface area contributed by atoms with E-state index < -0.39 is 0 Å². The summed E-state index contributed by atoms with van der Waals surface area (Å²) in [5, 5.41) is 4.27. The molecule has 1 aromatic heterocycles. The number of rotatable bonds is 6. The minimum atomic E-state index is 0.0696. The van der Waals surface area contributed by atoms with Gasteiger partial charge in [-0.2, -0.15) is 0 Å². The van der Waals surface area contributed by atoms with Gasteiger partial charge in [-0.15, -0.1) is 0 Å². The van der Waals surface area contributed by atoms with Crippen molar-refractivity contribution in [3.8, 4) is 0 Å². The molecule has 5 nitrogen and oxygen atoms in total. The molecule has 0 aliphatic heterocycles. The van der Waals surface area contributed by atoms with Crippen LogP contribution in [0.15, 0.2) is 78.9 Å². The fourth-order valence-corrected chi connectivity index (χ4v) is 5.09. The third kappa shape index (κ3) is 7.41. The summed E-state index contributed by atoms with van der Waals surface area (Å²) < 4.78 is 0. The Balaban J connectivity index is 0.000000204. The highest BCUT2D eigenvalue weighted by Crippen LogP contribution is 2.28. The van der Waals surface area contributed by atoms with Gasteiger partial charge in [0.2, 0.25) is 0 Å². The average molecular weight is 509 g/mol. The first-order chi connectivity index (χ1) is 18.4. The summed E-state index contributed by atoms with van der Waals surface area (Å²) >= 11 is 0. The van der Waals surface area contributed by atoms with Crippen LogP contribution in [-0.2, 0) is 6.42 Å². The summed E-state index contributed by atoms with van der Waals surface area (Å²) in [6.07, 6.45) is 5.88. The molecule has 0 spiro atoms. The Morgan fingerprint density at radius 1 is 0.868 bits per heavy atom. The SMILES string of the molecule is CC1CCC(CNC(=O)c2ccccc2Cc2ccccc2)CC1.Cc1nc(N(C)C)c2ccccc2n1. The minimum Gasteiger partial charge on any atom is -0.362 e. The fourth-order valence-electron chi connectivity index (χ4n) is 5.09. The molecular weight excluding hydrogens is 468 g/mol. The van der Waals surface area contributed by atoms with Gasteiger partial charge >= 0.3 is 0 Å². The summed E-state index contributed by atoms with van der Waals surface area (Å²) in [6.45, 7) is 5.05. The molecule has 0 atom stereocenters. The van der Waals surface area contributed by atoms with Crippen molar-refractivity contribution in [3.63, 3.8) is 0 Å². The molecule has 1 saturated carbocycles. The minimum absolute atomic E-state index is 0.0696. The first-order valence-corrected chi connectivity index (χ1v) is 13.7. The number of nitrogens with one attached hydrogen (secondary N) is 1. The van der Waals surface area contributed by atoms with Crippen LogP contribution in [0.1, 0.15) is 59.9 Å². The number of benzene rings is 3. The third-order valence-electron chi connectivity index (χ3n) is 7.30. The number of amides is 1. The summed E-state index contributed by atoms with van der Waals surface area (Å²) in [5.41, 5.74) is 4.15. The van der Waals surface area contributed by atoms with Gasteiger partial charge in [-0.1, -0.05) is 80.4 Å². The molecule has 38 heavy (non-hydrogen) atoms. The number of aromatic nitrogens is 2. The van der Waals surface area contributed by atoms with Crippen molar-refractivity contribution in [2.75, 3.05) is 25.5 Å². The molecule has 3 aromatic carbocycles. The largest absolute Gasteiger partial charge is 0.362 e. The average Bonchev–Trinajstić information content (AvgIpc) is 2.93. The first kappa shape index (κ1) is 27.3. The van der Waals surface area contributed by atoms with Crippen LogP contribution in [0, 0.1) is 18.8 Å². The Hall–Kier alpha value is -3.73. The summed E-state index contributed by atoms with van der Waals surface area (Å²) in [6, 6.07) is 26.3. The molecular formula is C33H40N4O. The molecule has 5 rings (SSSR count). The van der Waals surface area contributed by atoms with Crippen LogP contribution in [0.5, 0.6) is 0 Å². The van der Waals surface area contributed by atoms with Crippen molar-refractivity contribution in [1.29, 1.82) is 0 Å². The number of aryl methyl sites for hydroxylation is 1. The zero-order valence-electron chi connectivity index (χ0n) is 23.2. The molecule has 1 aliphatic rings. The van der Waals surface area contributed by atoms with Crippen molar-refractivity contribution in [3.05, 3.63) is 101 Å². The maximum Gasteiger partial charge on any atom is 0.251 e. The lowest BCUT2D eigenvalue weighted by molar-refractivity contribution is 0.0941. The van der Waals surface area contributed by atoms with Gasteiger partial charge in [0, 0.05) is 31.6 Å². The Morgan fingerprint density at radius 3 is 2.26 bits per heavy atom. The molecule has 0 bridgehead atoms. The van der Waals surface area contributed by atoms with E-state index >= 15 is 0 Å². The van der Waals surface area contributed by atoms with Gasteiger partial charge in [-0.25, -0.2) is 9.97 Å². The first-order valence-electron chi connectivity index (χ1n) is 13.7. The monoisotopic (exact) mass is 508 g/mol. The quantitative estimate of drug-likeness (QED) is 0.310. The van der Waals surface area contributed by atoms with Gasteiger partial charge in [-0.3, -0.25) is 4.79 Å². The molecule has 1 amide bonds. The molecule has 198 valence electrons. The fraction of sp³-hybridized carbons (Fsp3) is 0.364. The second kappa shape index (κ2) is 13.2. The van der Waals surface area contributed by atoms with E-state index in [0.717, 1.165) is 52.6 Å². The van der Waals surface area contributed by atoms with E-state index in [1.54, 1.807) is 0 Å². The van der Waals surface area contributed by atoms with Gasteiger partial charge in [0.1, 0.15) is 11.6 Å². The van der Waals surface area contributed by atoms with Crippen LogP contribution >= 0.6 is 0 Å². The van der Waals surface area contributed by atoms with Gasteiger partial charge in [0.25, 0.3) is 5.91 Å². The van der Waals surface area contributed by atoms with Crippen molar-refractivity contribution in [1.82, 2.24) is 15.3 Å². The van der Waals surface area contributed by atoms with Crippen LogP contribution in [0.25, 0.3) is 10.9 Å². The number of carbonyl (C=O) groups excluding carboxylic acids is 1. The third-order valence-corrected chi connectivity index (χ3v) is 7.30. The van der Waals surface area contributed by atoms with Crippen LogP contribution in [0.3, 0.4) is 0 Å². The highest BCUT2D eigenvalue weighted by atomic mass is 16.1. The predicted molar refractivity (Wildman–Crippen MR) is 158 cm³/mol. The lowest BCUT2D eigenvalue weighted by Gasteiger charge is -2.26. The van der Waals surface area contributed by atoms with Crippen LogP contribution in [0.4, 0.5) is 5.82 Å². The van der Waals surface area contributed by atoms with Gasteiger partial charge in [0.05, 0.1) is 5.52 Å². The topological polar surface area (TPSA) is 58.1 Å². The zero-order valence-corrected chi connectivity index (χ0v) is 23.2. The van der Waals surface area contributed by atoms with E-state index in [1.165, 1.54) is 31.2 Å². The van der Waals surface area contributed by atoms with Crippen molar-refractivity contribution < 1.29 is 4.79 Å². The lowest BCUT2D eigenvalue weighted by atomic mass is 9.83. The normalized spacial score (nSPS) is 16.8. The van der Waals surface area contributed by atoms with Gasteiger partial charge < -0.3 is 10.2 Å². The van der Waals surface area contributed by atoms with E-state index in [0.29, 0.717) is 5.92 Å². The number of carbonyl (C=O) groups is 1. The van der Waals surface area contributed by atoms with Crippen molar-refractivity contribution >= 4 is 22.6 Å². The molecule has 5 heteroatoms. The second-order valence-corrected chi connectivity index (χ2v) is 10.7. The molecule has 0 unspecified atom stereocenters. The van der Waals surface area contributed by atoms with Gasteiger partial charge in [-0.05, 0) is 67.3 Å². The Morgan fingerprint density at radius 2 is 1.53 bits per heavy atom. The zero-order chi connectivity index (χ0) is 26.9. The molecule has 1 heterocycles. The molecule has 0 saturated heterocycles. The van der Waals surface area contributed by atoms with Crippen LogP contribution in [0.2, 0.25) is 0 Å². The van der Waals surface area contributed by atoms with Crippen LogP contribution < -0.4 is 10.2 Å². The number of para-hydroxylation sites is 1. The Bertz CT molecular complexity index is 1330. The van der Waals surface area contributed by atoms with E-state index in [1.807, 2.05) is 86.6 Å². The lowest BCUT2D eigenvalue weighted by Crippen LogP contribution is -2.31. The van der Waals surface area contributed by atoms with E-state index in [2.05, 4.69) is 40.4 Å². The Kier molecular flexibility index (Phi) is 9.47. The molecule has 1 N–H and O–H groups in total. The number of nitrogens with zero attached hydrogens (tertiary/aromatic N) is 3. The molecule has 4 aromatic rings. The van der Waals surface area contributed by atoms with E-state index in [-0.39, 0.29) is 5.91 Å². The maximum atomic E-state index is 12.7. The smallest absolute Gasteiger partial charge is 0.251 e. The summed E-state index contributed by atoms with van der Waals surface area (Å²) in [4.78, 5) is 23.5. The highest BCUT2D eigenvalue weighted by molar-refractivity contribution is 5.95. The van der Waals surface area contributed by atoms with E-state index in [4.69, 9.17) is 0 Å². The predicted octanol–water partition coefficient (Wildman–Crippen LogP) is 6.84. The van der Waals surface area contributed by atoms with Crippen LogP contribution in [-0.4, -0.2) is 36.5 Å². The van der Waals surface area contributed by atoms with Crippen molar-refractivity contribution in [2.24, 2.45) is 11.8 Å². The molecule has 1 fully saturated rings. The second-order valence-electron chi connectivity index (χ2n) is 10.7. The molecule has 1 aliphatic carbocycles. The molecule has 0 radical (unpaired) electrons. The standard InChI is InChI=1S/C22H27NO.C11H13N3/c1-17-11-13-19(14-12-17)16-23-22(24)21-10-6-5-9-20(21)15-18-7-3-2-4-8-18;1-8-12-10-7-5-4-6-9(10)11(13-8)14(2)3/h2-10,17,19H,11-16H2,1H3,(H,23,24);4-7H,1-3H3. The summed E-state index contributed by atoms with van der Waals surface area (Å²) in [5.74, 6) is 3.36. The van der Waals surface area contributed by atoms with E-state index in [9.17, 15) is 4.79 Å². The maximum absolute atomic E-state index is 12.7. The number of hydrogen-bond donors (Lipinski definition) is 1. The number of fused-ring (bicyclic) bond motifs is 1.